The molecule has 82 valence electrons. The summed E-state index contributed by atoms with van der Waals surface area (Å²) in [4.78, 5) is 10.8. The number of rotatable bonds is 4. The number of carbonyl (C=O) groups is 1. The van der Waals surface area contributed by atoms with Crippen LogP contribution in [0.4, 0.5) is 5.69 Å². The van der Waals surface area contributed by atoms with Gasteiger partial charge in [-0.05, 0) is 47.5 Å². The van der Waals surface area contributed by atoms with E-state index in [1.807, 2.05) is 0 Å². The normalized spacial score (nSPS) is 12.2. The van der Waals surface area contributed by atoms with Gasteiger partial charge < -0.3 is 10.4 Å². The third-order valence-electron chi connectivity index (χ3n) is 2.23. The van der Waals surface area contributed by atoms with Crippen LogP contribution in [0.1, 0.15) is 30.6 Å². The summed E-state index contributed by atoms with van der Waals surface area (Å²) in [7, 11) is 0. The number of carboxylic acid groups (broad SMARTS) is 1. The molecule has 0 radical (unpaired) electrons. The molecule has 1 aromatic carbocycles. The van der Waals surface area contributed by atoms with Crippen LogP contribution in [-0.4, -0.2) is 17.1 Å². The molecule has 0 heterocycles. The Hall–Kier alpha value is -1.03. The molecule has 4 heteroatoms. The van der Waals surface area contributed by atoms with Gasteiger partial charge in [0, 0.05) is 16.2 Å². The standard InChI is InChI=1S/C11H14BrNO2/c1-3-7(2)13-10-6-8(11(14)15)4-5-9(10)12/h4-7,13H,3H2,1-2H3,(H,14,15). The third kappa shape index (κ3) is 3.23. The number of aromatic carboxylic acids is 1. The van der Waals surface area contributed by atoms with Gasteiger partial charge in [0.15, 0.2) is 0 Å². The van der Waals surface area contributed by atoms with Crippen molar-refractivity contribution >= 4 is 27.6 Å². The Bertz CT molecular complexity index is 366. The Morgan fingerprint density at radius 1 is 1.60 bits per heavy atom. The van der Waals surface area contributed by atoms with Gasteiger partial charge in [0.1, 0.15) is 0 Å². The van der Waals surface area contributed by atoms with Crippen molar-refractivity contribution in [2.24, 2.45) is 0 Å². The van der Waals surface area contributed by atoms with Gasteiger partial charge in [-0.3, -0.25) is 0 Å². The van der Waals surface area contributed by atoms with Crippen LogP contribution in [0.2, 0.25) is 0 Å². The lowest BCUT2D eigenvalue weighted by atomic mass is 10.2. The summed E-state index contributed by atoms with van der Waals surface area (Å²) in [5.41, 5.74) is 1.12. The lowest BCUT2D eigenvalue weighted by molar-refractivity contribution is 0.0697. The van der Waals surface area contributed by atoms with Crippen LogP contribution >= 0.6 is 15.9 Å². The second-order valence-corrected chi connectivity index (χ2v) is 4.31. The van der Waals surface area contributed by atoms with Crippen LogP contribution < -0.4 is 5.32 Å². The van der Waals surface area contributed by atoms with E-state index in [-0.39, 0.29) is 0 Å². The van der Waals surface area contributed by atoms with Crippen LogP contribution in [0, 0.1) is 0 Å². The predicted molar refractivity (Wildman–Crippen MR) is 64.5 cm³/mol. The van der Waals surface area contributed by atoms with Crippen LogP contribution in [0.3, 0.4) is 0 Å². The monoisotopic (exact) mass is 271 g/mol. The summed E-state index contributed by atoms with van der Waals surface area (Å²) in [6.07, 6.45) is 0.990. The Kier molecular flexibility index (Phi) is 4.15. The number of halogens is 1. The zero-order valence-corrected chi connectivity index (χ0v) is 10.3. The lowest BCUT2D eigenvalue weighted by Crippen LogP contribution is -2.14. The maximum Gasteiger partial charge on any atom is 0.335 e. The second-order valence-electron chi connectivity index (χ2n) is 3.45. The SMILES string of the molecule is CCC(C)Nc1cc(C(=O)O)ccc1Br. The molecule has 0 saturated carbocycles. The molecule has 1 rings (SSSR count). The van der Waals surface area contributed by atoms with Gasteiger partial charge in [-0.2, -0.15) is 0 Å². The van der Waals surface area contributed by atoms with Crippen molar-refractivity contribution in [1.29, 1.82) is 0 Å². The fraction of sp³-hybridized carbons (Fsp3) is 0.364. The molecule has 0 aliphatic heterocycles. The number of anilines is 1. The zero-order chi connectivity index (χ0) is 11.4. The smallest absolute Gasteiger partial charge is 0.335 e. The average Bonchev–Trinajstić information content (AvgIpc) is 2.20. The molecule has 0 bridgehead atoms. The minimum Gasteiger partial charge on any atom is -0.478 e. The van der Waals surface area contributed by atoms with Crippen molar-refractivity contribution in [1.82, 2.24) is 0 Å². The van der Waals surface area contributed by atoms with E-state index in [9.17, 15) is 4.79 Å². The summed E-state index contributed by atoms with van der Waals surface area (Å²) in [5.74, 6) is -0.908. The molecular weight excluding hydrogens is 258 g/mol. The Morgan fingerprint density at radius 3 is 2.80 bits per heavy atom. The number of nitrogens with one attached hydrogen (secondary N) is 1. The molecule has 0 spiro atoms. The van der Waals surface area contributed by atoms with E-state index in [1.54, 1.807) is 18.2 Å². The lowest BCUT2D eigenvalue weighted by Gasteiger charge is -2.14. The van der Waals surface area contributed by atoms with Gasteiger partial charge in [0.05, 0.1) is 5.56 Å². The van der Waals surface area contributed by atoms with Gasteiger partial charge in [-0.1, -0.05) is 6.92 Å². The molecule has 1 unspecified atom stereocenters. The summed E-state index contributed by atoms with van der Waals surface area (Å²) >= 11 is 3.38. The number of hydrogen-bond donors (Lipinski definition) is 2. The van der Waals surface area contributed by atoms with Crippen molar-refractivity contribution in [3.8, 4) is 0 Å². The molecule has 1 aromatic rings. The molecule has 0 fully saturated rings. The van der Waals surface area contributed by atoms with E-state index in [1.165, 1.54) is 0 Å². The molecule has 2 N–H and O–H groups in total. The average molecular weight is 272 g/mol. The molecule has 0 aliphatic rings. The molecule has 15 heavy (non-hydrogen) atoms. The van der Waals surface area contributed by atoms with Crippen LogP contribution in [0.25, 0.3) is 0 Å². The molecule has 0 saturated heterocycles. The summed E-state index contributed by atoms with van der Waals surface area (Å²) in [6, 6.07) is 5.28. The first-order chi connectivity index (χ1) is 7.04. The van der Waals surface area contributed by atoms with Crippen molar-refractivity contribution in [3.63, 3.8) is 0 Å². The Balaban J connectivity index is 2.95. The fourth-order valence-electron chi connectivity index (χ4n) is 1.14. The van der Waals surface area contributed by atoms with Gasteiger partial charge in [-0.15, -0.1) is 0 Å². The van der Waals surface area contributed by atoms with E-state index in [4.69, 9.17) is 5.11 Å². The number of benzene rings is 1. The molecule has 0 aromatic heterocycles. The fourth-order valence-corrected chi connectivity index (χ4v) is 1.50. The topological polar surface area (TPSA) is 49.3 Å². The highest BCUT2D eigenvalue weighted by molar-refractivity contribution is 9.10. The molecule has 0 amide bonds. The van der Waals surface area contributed by atoms with Gasteiger partial charge in [0.25, 0.3) is 0 Å². The van der Waals surface area contributed by atoms with Crippen molar-refractivity contribution < 1.29 is 9.90 Å². The molecule has 3 nitrogen and oxygen atoms in total. The Labute approximate surface area is 97.6 Å². The predicted octanol–water partition coefficient (Wildman–Crippen LogP) is 3.36. The Morgan fingerprint density at radius 2 is 2.27 bits per heavy atom. The molecular formula is C11H14BrNO2. The maximum atomic E-state index is 10.8. The van der Waals surface area contributed by atoms with E-state index >= 15 is 0 Å². The minimum atomic E-state index is -0.908. The highest BCUT2D eigenvalue weighted by atomic mass is 79.9. The first-order valence-electron chi connectivity index (χ1n) is 4.84. The first-order valence-corrected chi connectivity index (χ1v) is 5.63. The molecule has 0 aliphatic carbocycles. The summed E-state index contributed by atoms with van der Waals surface area (Å²) in [5, 5.41) is 12.1. The van der Waals surface area contributed by atoms with E-state index in [0.717, 1.165) is 16.6 Å². The van der Waals surface area contributed by atoms with Crippen molar-refractivity contribution in [2.45, 2.75) is 26.3 Å². The minimum absolute atomic E-state index is 0.295. The van der Waals surface area contributed by atoms with Crippen LogP contribution in [0.15, 0.2) is 22.7 Å². The molecule has 1 atom stereocenters. The largest absolute Gasteiger partial charge is 0.478 e. The zero-order valence-electron chi connectivity index (χ0n) is 8.75. The summed E-state index contributed by atoms with van der Waals surface area (Å²) in [6.45, 7) is 4.13. The second kappa shape index (κ2) is 5.16. The van der Waals surface area contributed by atoms with Crippen molar-refractivity contribution in [3.05, 3.63) is 28.2 Å². The highest BCUT2D eigenvalue weighted by Gasteiger charge is 2.08. The van der Waals surface area contributed by atoms with E-state index in [0.29, 0.717) is 11.6 Å². The number of hydrogen-bond acceptors (Lipinski definition) is 2. The van der Waals surface area contributed by atoms with Gasteiger partial charge in [0.2, 0.25) is 0 Å². The van der Waals surface area contributed by atoms with Gasteiger partial charge in [-0.25, -0.2) is 4.79 Å². The van der Waals surface area contributed by atoms with Crippen molar-refractivity contribution in [2.75, 3.05) is 5.32 Å². The number of carboxylic acids is 1. The quantitative estimate of drug-likeness (QED) is 0.883. The summed E-state index contributed by atoms with van der Waals surface area (Å²) < 4.78 is 0.882. The van der Waals surface area contributed by atoms with Crippen LogP contribution in [-0.2, 0) is 0 Å². The van der Waals surface area contributed by atoms with E-state index in [2.05, 4.69) is 35.1 Å². The maximum absolute atomic E-state index is 10.8. The third-order valence-corrected chi connectivity index (χ3v) is 2.92. The van der Waals surface area contributed by atoms with Crippen LogP contribution in [0.5, 0.6) is 0 Å². The highest BCUT2D eigenvalue weighted by Crippen LogP contribution is 2.24. The van der Waals surface area contributed by atoms with E-state index < -0.39 is 5.97 Å². The first kappa shape index (κ1) is 12.0. The van der Waals surface area contributed by atoms with Gasteiger partial charge >= 0.3 is 5.97 Å².